The summed E-state index contributed by atoms with van der Waals surface area (Å²) in [7, 11) is 0. The number of alkyl halides is 7. The van der Waals surface area contributed by atoms with Crippen LogP contribution in [0.4, 0.5) is 30.7 Å². The highest BCUT2D eigenvalue weighted by molar-refractivity contribution is 7.17. The van der Waals surface area contributed by atoms with E-state index < -0.39 is 45.6 Å². The van der Waals surface area contributed by atoms with Crippen molar-refractivity contribution in [1.82, 2.24) is 9.88 Å². The number of piperidine rings is 1. The zero-order valence-corrected chi connectivity index (χ0v) is 18.9. The van der Waals surface area contributed by atoms with E-state index in [1.54, 1.807) is 0 Å². The minimum atomic E-state index is -6.20. The smallest absolute Gasteiger partial charge is 0.369 e. The summed E-state index contributed by atoms with van der Waals surface area (Å²) in [6.45, 7) is 0.0655. The van der Waals surface area contributed by atoms with Crippen molar-refractivity contribution in [2.75, 3.05) is 13.1 Å². The van der Waals surface area contributed by atoms with Crippen LogP contribution in [-0.4, -0.2) is 58.8 Å². The van der Waals surface area contributed by atoms with Gasteiger partial charge in [-0.15, -0.1) is 11.3 Å². The lowest BCUT2D eigenvalue weighted by Crippen LogP contribution is -2.54. The molecule has 186 valence electrons. The van der Waals surface area contributed by atoms with Crippen molar-refractivity contribution in [2.45, 2.75) is 37.0 Å². The number of thiazole rings is 1. The fourth-order valence-electron chi connectivity index (χ4n) is 3.39. The number of aromatic nitrogens is 1. The molecule has 2 aromatic rings. The van der Waals surface area contributed by atoms with Crippen LogP contribution in [0.5, 0.6) is 0 Å². The molecule has 1 aliphatic rings. The van der Waals surface area contributed by atoms with Crippen LogP contribution in [0.3, 0.4) is 0 Å². The van der Waals surface area contributed by atoms with E-state index in [0.29, 0.717) is 17.4 Å². The number of hydrogen-bond donors (Lipinski definition) is 1. The third kappa shape index (κ3) is 4.50. The second-order valence-electron chi connectivity index (χ2n) is 7.31. The zero-order chi connectivity index (χ0) is 25.6. The van der Waals surface area contributed by atoms with Gasteiger partial charge in [0.05, 0.1) is 14.9 Å². The van der Waals surface area contributed by atoms with Crippen LogP contribution in [0.2, 0.25) is 10.0 Å². The first-order chi connectivity index (χ1) is 15.6. The van der Waals surface area contributed by atoms with E-state index in [1.807, 2.05) is 0 Å². The molecular weight excluding hydrogens is 540 g/mol. The predicted octanol–water partition coefficient (Wildman–Crippen LogP) is 5.82. The maximum Gasteiger partial charge on any atom is 0.430 e. The fraction of sp³-hybridized carbons (Fsp3) is 0.421. The topological polar surface area (TPSA) is 70.5 Å². The highest BCUT2D eigenvalue weighted by atomic mass is 35.5. The van der Waals surface area contributed by atoms with E-state index in [-0.39, 0.29) is 59.4 Å². The van der Waals surface area contributed by atoms with Crippen molar-refractivity contribution in [3.63, 3.8) is 0 Å². The molecule has 0 unspecified atom stereocenters. The van der Waals surface area contributed by atoms with Gasteiger partial charge < -0.3 is 10.0 Å². The van der Waals surface area contributed by atoms with Gasteiger partial charge in [0.15, 0.2) is 11.3 Å². The third-order valence-electron chi connectivity index (χ3n) is 5.20. The highest BCUT2D eigenvalue weighted by Crippen LogP contribution is 2.54. The number of carbonyl (C=O) groups is 2. The Morgan fingerprint density at radius 1 is 1.09 bits per heavy atom. The SMILES string of the molecule is O=Cc1nc(C(=O)N2CCC(F)CC2)c(-c2ccc(C(O)(C(F)(F)F)C(F)(F)F)c(Cl)c2Cl)s1. The van der Waals surface area contributed by atoms with E-state index >= 15 is 0 Å². The molecule has 0 aliphatic carbocycles. The number of amides is 1. The molecule has 0 spiro atoms. The van der Waals surface area contributed by atoms with Gasteiger partial charge in [0.1, 0.15) is 11.9 Å². The van der Waals surface area contributed by atoms with Gasteiger partial charge in [-0.1, -0.05) is 35.3 Å². The number of carbonyl (C=O) groups excluding carboxylic acids is 2. The van der Waals surface area contributed by atoms with Crippen molar-refractivity contribution >= 4 is 46.7 Å². The summed E-state index contributed by atoms with van der Waals surface area (Å²) < 4.78 is 93.1. The van der Waals surface area contributed by atoms with Crippen molar-refractivity contribution in [3.8, 4) is 10.4 Å². The molecule has 5 nitrogen and oxygen atoms in total. The maximum atomic E-state index is 13.4. The minimum absolute atomic E-state index is 0.0328. The average Bonchev–Trinajstić information content (AvgIpc) is 3.17. The molecule has 1 fully saturated rings. The first kappa shape index (κ1) is 26.6. The fourth-order valence-corrected chi connectivity index (χ4v) is 4.91. The van der Waals surface area contributed by atoms with Crippen LogP contribution in [0.25, 0.3) is 10.4 Å². The second kappa shape index (κ2) is 9.25. The Hall–Kier alpha value is -1.96. The summed E-state index contributed by atoms with van der Waals surface area (Å²) in [4.78, 5) is 29.1. The molecule has 1 N–H and O–H groups in total. The molecule has 0 saturated carbocycles. The average molecular weight is 553 g/mol. The summed E-state index contributed by atoms with van der Waals surface area (Å²) in [5.74, 6) is -0.732. The molecule has 15 heteroatoms. The van der Waals surface area contributed by atoms with Gasteiger partial charge in [0, 0.05) is 24.2 Å². The standard InChI is InChI=1S/C19H13Cl2F7N2O3S/c20-12-9(1-2-10(13(12)21)17(33,18(23,24)25)19(26,27)28)15-14(29-11(7-31)34-15)16(32)30-5-3-8(22)4-6-30/h1-2,7-8,33H,3-6H2. The van der Waals surface area contributed by atoms with Crippen molar-refractivity contribution < 1.29 is 45.4 Å². The molecule has 0 atom stereocenters. The van der Waals surface area contributed by atoms with Gasteiger partial charge >= 0.3 is 12.4 Å². The van der Waals surface area contributed by atoms with Gasteiger partial charge in [-0.25, -0.2) is 9.37 Å². The molecule has 0 bridgehead atoms. The predicted molar refractivity (Wildman–Crippen MR) is 109 cm³/mol. The third-order valence-corrected chi connectivity index (χ3v) is 7.09. The summed E-state index contributed by atoms with van der Waals surface area (Å²) in [5.41, 5.74) is -7.72. The van der Waals surface area contributed by atoms with Crippen LogP contribution >= 0.6 is 34.5 Å². The molecule has 1 aromatic carbocycles. The van der Waals surface area contributed by atoms with Crippen molar-refractivity contribution in [2.24, 2.45) is 0 Å². The summed E-state index contributed by atoms with van der Waals surface area (Å²) >= 11 is 12.4. The second-order valence-corrected chi connectivity index (χ2v) is 9.10. The van der Waals surface area contributed by atoms with Gasteiger partial charge in [-0.05, 0) is 12.8 Å². The van der Waals surface area contributed by atoms with Crippen molar-refractivity contribution in [1.29, 1.82) is 0 Å². The summed E-state index contributed by atoms with van der Waals surface area (Å²) in [5, 5.41) is 7.35. The highest BCUT2D eigenvalue weighted by Gasteiger charge is 2.72. The molecule has 1 aliphatic heterocycles. The molecule has 0 radical (unpaired) electrons. The zero-order valence-electron chi connectivity index (χ0n) is 16.6. The Morgan fingerprint density at radius 2 is 1.65 bits per heavy atom. The monoisotopic (exact) mass is 552 g/mol. The Balaban J connectivity index is 2.14. The maximum absolute atomic E-state index is 13.4. The molecule has 1 amide bonds. The van der Waals surface area contributed by atoms with Crippen LogP contribution in [0.1, 0.15) is 38.7 Å². The number of hydrogen-bond acceptors (Lipinski definition) is 5. The molecule has 34 heavy (non-hydrogen) atoms. The first-order valence-corrected chi connectivity index (χ1v) is 10.9. The summed E-state index contributed by atoms with van der Waals surface area (Å²) in [6, 6.07) is 0.992. The molecule has 1 aromatic heterocycles. The van der Waals surface area contributed by atoms with Gasteiger partial charge in [0.25, 0.3) is 11.5 Å². The van der Waals surface area contributed by atoms with Crippen LogP contribution in [0.15, 0.2) is 12.1 Å². The molecule has 3 rings (SSSR count). The lowest BCUT2D eigenvalue weighted by molar-refractivity contribution is -0.376. The lowest BCUT2D eigenvalue weighted by atomic mass is 9.91. The van der Waals surface area contributed by atoms with E-state index in [0.717, 1.165) is 0 Å². The number of halogens is 9. The summed E-state index contributed by atoms with van der Waals surface area (Å²) in [6.07, 6.45) is -13.1. The molecule has 2 heterocycles. The number of nitrogens with zero attached hydrogens (tertiary/aromatic N) is 2. The number of likely N-dealkylation sites (tertiary alicyclic amines) is 1. The Bertz CT molecular complexity index is 1100. The van der Waals surface area contributed by atoms with Gasteiger partial charge in [-0.2, -0.15) is 26.3 Å². The number of benzene rings is 1. The van der Waals surface area contributed by atoms with E-state index in [2.05, 4.69) is 4.98 Å². The van der Waals surface area contributed by atoms with Gasteiger partial charge in [-0.3, -0.25) is 9.59 Å². The lowest BCUT2D eigenvalue weighted by Gasteiger charge is -2.33. The van der Waals surface area contributed by atoms with E-state index in [4.69, 9.17) is 23.2 Å². The van der Waals surface area contributed by atoms with E-state index in [1.165, 1.54) is 4.90 Å². The Kier molecular flexibility index (Phi) is 7.25. The van der Waals surface area contributed by atoms with Crippen LogP contribution in [0, 0.1) is 0 Å². The number of aldehydes is 1. The Morgan fingerprint density at radius 3 is 2.15 bits per heavy atom. The minimum Gasteiger partial charge on any atom is -0.369 e. The van der Waals surface area contributed by atoms with Gasteiger partial charge in [0.2, 0.25) is 0 Å². The number of rotatable bonds is 4. The normalized spacial score (nSPS) is 16.1. The first-order valence-electron chi connectivity index (χ1n) is 9.37. The van der Waals surface area contributed by atoms with Crippen molar-refractivity contribution in [3.05, 3.63) is 38.4 Å². The molecule has 1 saturated heterocycles. The van der Waals surface area contributed by atoms with E-state index in [9.17, 15) is 45.4 Å². The van der Waals surface area contributed by atoms with Crippen LogP contribution in [-0.2, 0) is 5.60 Å². The quantitative estimate of drug-likeness (QED) is 0.383. The Labute approximate surface area is 201 Å². The number of aliphatic hydroxyl groups is 1. The molecular formula is C19H13Cl2F7N2O3S. The van der Waals surface area contributed by atoms with Crippen LogP contribution < -0.4 is 0 Å². The largest absolute Gasteiger partial charge is 0.430 e.